The first-order valence-corrected chi connectivity index (χ1v) is 6.58. The van der Waals surface area contributed by atoms with E-state index in [0.29, 0.717) is 17.9 Å². The normalized spacial score (nSPS) is 10.3. The highest BCUT2D eigenvalue weighted by Crippen LogP contribution is 2.19. The molecule has 0 bridgehead atoms. The zero-order valence-electron chi connectivity index (χ0n) is 10.1. The van der Waals surface area contributed by atoms with Crippen molar-refractivity contribution in [2.24, 2.45) is 5.73 Å². The van der Waals surface area contributed by atoms with Crippen LogP contribution >= 0.6 is 11.3 Å². The van der Waals surface area contributed by atoms with Crippen LogP contribution in [0.1, 0.15) is 27.0 Å². The average molecular weight is 261 g/mol. The molecule has 0 aliphatic rings. The monoisotopic (exact) mass is 261 g/mol. The number of nitrogens with one attached hydrogen (secondary N) is 1. The molecular formula is C13H15N3OS. The van der Waals surface area contributed by atoms with Crippen molar-refractivity contribution < 1.29 is 4.79 Å². The van der Waals surface area contributed by atoms with Crippen molar-refractivity contribution in [3.8, 4) is 0 Å². The number of hydrogen-bond donors (Lipinski definition) is 2. The molecule has 94 valence electrons. The van der Waals surface area contributed by atoms with Crippen LogP contribution in [0.2, 0.25) is 0 Å². The maximum atomic E-state index is 11.2. The van der Waals surface area contributed by atoms with Gasteiger partial charge in [-0.1, -0.05) is 6.92 Å². The fourth-order valence-electron chi connectivity index (χ4n) is 1.62. The largest absolute Gasteiger partial charge is 0.365 e. The fourth-order valence-corrected chi connectivity index (χ4v) is 2.52. The number of nitrogens with zero attached hydrogens (tertiary/aromatic N) is 1. The molecule has 0 saturated carbocycles. The van der Waals surface area contributed by atoms with Gasteiger partial charge in [0, 0.05) is 16.0 Å². The molecule has 18 heavy (non-hydrogen) atoms. The zero-order chi connectivity index (χ0) is 13.0. The summed E-state index contributed by atoms with van der Waals surface area (Å²) in [5.74, 6) is 0.0717. The van der Waals surface area contributed by atoms with Crippen LogP contribution in [0.3, 0.4) is 0 Å². The third-order valence-corrected chi connectivity index (χ3v) is 3.80. The molecule has 3 N–H and O–H groups in total. The number of nitrogens with two attached hydrogens (primary N) is 1. The number of pyridine rings is 1. The molecule has 0 spiro atoms. The molecule has 0 fully saturated rings. The highest BCUT2D eigenvalue weighted by atomic mass is 32.1. The number of aryl methyl sites for hydroxylation is 1. The van der Waals surface area contributed by atoms with Crippen molar-refractivity contribution in [1.82, 2.24) is 4.98 Å². The van der Waals surface area contributed by atoms with Gasteiger partial charge in [0.25, 0.3) is 5.91 Å². The Bertz CT molecular complexity index is 551. The molecule has 2 rings (SSSR count). The fraction of sp³-hybridized carbons (Fsp3) is 0.231. The van der Waals surface area contributed by atoms with E-state index in [1.165, 1.54) is 9.75 Å². The molecule has 4 nitrogen and oxygen atoms in total. The maximum Gasteiger partial charge on any atom is 0.252 e. The Hall–Kier alpha value is -1.88. The minimum absolute atomic E-state index is 0.421. The summed E-state index contributed by atoms with van der Waals surface area (Å²) in [6, 6.07) is 7.58. The van der Waals surface area contributed by atoms with E-state index in [-0.39, 0.29) is 0 Å². The molecule has 0 saturated heterocycles. The van der Waals surface area contributed by atoms with Crippen molar-refractivity contribution in [3.05, 3.63) is 45.8 Å². The molecule has 2 heterocycles. The van der Waals surface area contributed by atoms with Crippen molar-refractivity contribution in [2.45, 2.75) is 19.9 Å². The first kappa shape index (κ1) is 12.6. The van der Waals surface area contributed by atoms with Crippen molar-refractivity contribution >= 4 is 23.1 Å². The van der Waals surface area contributed by atoms with E-state index >= 15 is 0 Å². The molecule has 5 heteroatoms. The second-order valence-electron chi connectivity index (χ2n) is 3.84. The van der Waals surface area contributed by atoms with E-state index < -0.39 is 5.91 Å². The van der Waals surface area contributed by atoms with Crippen LogP contribution in [-0.4, -0.2) is 10.9 Å². The molecule has 1 amide bonds. The average Bonchev–Trinajstić information content (AvgIpc) is 2.84. The third-order valence-electron chi connectivity index (χ3n) is 2.57. The van der Waals surface area contributed by atoms with E-state index in [4.69, 9.17) is 5.73 Å². The predicted molar refractivity (Wildman–Crippen MR) is 73.8 cm³/mol. The summed E-state index contributed by atoms with van der Waals surface area (Å²) < 4.78 is 0. The number of thiophene rings is 1. The van der Waals surface area contributed by atoms with E-state index in [2.05, 4.69) is 29.4 Å². The Morgan fingerprint density at radius 1 is 1.39 bits per heavy atom. The summed E-state index contributed by atoms with van der Waals surface area (Å²) >= 11 is 1.76. The first-order chi connectivity index (χ1) is 8.70. The number of carbonyl (C=O) groups excluding carboxylic acids is 1. The lowest BCUT2D eigenvalue weighted by atomic mass is 10.2. The van der Waals surface area contributed by atoms with Crippen molar-refractivity contribution in [2.75, 3.05) is 5.32 Å². The molecule has 0 aliphatic carbocycles. The number of carbonyl (C=O) groups is 1. The molecule has 0 atom stereocenters. The van der Waals surface area contributed by atoms with Crippen molar-refractivity contribution in [3.63, 3.8) is 0 Å². The second kappa shape index (κ2) is 5.64. The van der Waals surface area contributed by atoms with Crippen LogP contribution in [0, 0.1) is 0 Å². The van der Waals surface area contributed by atoms with E-state index in [1.807, 2.05) is 0 Å². The number of amides is 1. The highest BCUT2D eigenvalue weighted by Gasteiger charge is 2.08. The minimum atomic E-state index is -0.467. The van der Waals surface area contributed by atoms with Crippen LogP contribution < -0.4 is 11.1 Å². The zero-order valence-corrected chi connectivity index (χ0v) is 11.0. The standard InChI is InChI=1S/C13H15N3OS/c1-2-9-5-6-10(18-9)8-16-13-11(12(14)17)4-3-7-15-13/h3-7H,2,8H2,1H3,(H2,14,17)(H,15,16). The topological polar surface area (TPSA) is 68.0 Å². The third kappa shape index (κ3) is 2.87. The van der Waals surface area contributed by atoms with E-state index in [1.54, 1.807) is 29.7 Å². The summed E-state index contributed by atoms with van der Waals surface area (Å²) in [4.78, 5) is 17.9. The highest BCUT2D eigenvalue weighted by molar-refractivity contribution is 7.12. The first-order valence-electron chi connectivity index (χ1n) is 5.77. The van der Waals surface area contributed by atoms with Crippen LogP contribution in [0.4, 0.5) is 5.82 Å². The Labute approximate surface area is 110 Å². The number of aromatic nitrogens is 1. The molecule has 2 aromatic rings. The Morgan fingerprint density at radius 2 is 2.17 bits per heavy atom. The lowest BCUT2D eigenvalue weighted by molar-refractivity contribution is 0.100. The summed E-state index contributed by atoms with van der Waals surface area (Å²) in [5, 5.41) is 3.15. The van der Waals surface area contributed by atoms with Gasteiger partial charge in [-0.15, -0.1) is 11.3 Å². The van der Waals surface area contributed by atoms with E-state index in [9.17, 15) is 4.79 Å². The van der Waals surface area contributed by atoms with Gasteiger partial charge in [0.1, 0.15) is 5.82 Å². The van der Waals surface area contributed by atoms with Crippen LogP contribution in [0.5, 0.6) is 0 Å². The molecule has 0 aromatic carbocycles. The van der Waals surface area contributed by atoms with Gasteiger partial charge in [-0.2, -0.15) is 0 Å². The van der Waals surface area contributed by atoms with Crippen LogP contribution in [0.25, 0.3) is 0 Å². The van der Waals surface area contributed by atoms with Gasteiger partial charge >= 0.3 is 0 Å². The molecule has 0 aliphatic heterocycles. The Kier molecular flexibility index (Phi) is 3.94. The van der Waals surface area contributed by atoms with Gasteiger partial charge < -0.3 is 11.1 Å². The lowest BCUT2D eigenvalue weighted by Crippen LogP contribution is -2.15. The van der Waals surface area contributed by atoms with Crippen LogP contribution in [0.15, 0.2) is 30.5 Å². The quantitative estimate of drug-likeness (QED) is 0.868. The lowest BCUT2D eigenvalue weighted by Gasteiger charge is -2.07. The number of primary amides is 1. The second-order valence-corrected chi connectivity index (χ2v) is 5.09. The van der Waals surface area contributed by atoms with Gasteiger partial charge in [0.2, 0.25) is 0 Å². The summed E-state index contributed by atoms with van der Waals surface area (Å²) in [5.41, 5.74) is 5.71. The SMILES string of the molecule is CCc1ccc(CNc2ncccc2C(N)=O)s1. The number of anilines is 1. The maximum absolute atomic E-state index is 11.2. The molecular weight excluding hydrogens is 246 g/mol. The summed E-state index contributed by atoms with van der Waals surface area (Å²) in [6.45, 7) is 2.79. The van der Waals surface area contributed by atoms with Crippen molar-refractivity contribution in [1.29, 1.82) is 0 Å². The summed E-state index contributed by atoms with van der Waals surface area (Å²) in [7, 11) is 0. The van der Waals surface area contributed by atoms with Gasteiger partial charge in [-0.05, 0) is 30.7 Å². The smallest absolute Gasteiger partial charge is 0.252 e. The predicted octanol–water partition coefficient (Wildman–Crippen LogP) is 2.42. The number of rotatable bonds is 5. The Balaban J connectivity index is 2.08. The Morgan fingerprint density at radius 3 is 2.83 bits per heavy atom. The van der Waals surface area contributed by atoms with Gasteiger partial charge in [-0.3, -0.25) is 4.79 Å². The summed E-state index contributed by atoms with van der Waals surface area (Å²) in [6.07, 6.45) is 2.68. The van der Waals surface area contributed by atoms with E-state index in [0.717, 1.165) is 6.42 Å². The van der Waals surface area contributed by atoms with Gasteiger partial charge in [0.05, 0.1) is 12.1 Å². The van der Waals surface area contributed by atoms with Crippen LogP contribution in [-0.2, 0) is 13.0 Å². The van der Waals surface area contributed by atoms with Gasteiger partial charge in [0.15, 0.2) is 0 Å². The molecule has 0 unspecified atom stereocenters. The minimum Gasteiger partial charge on any atom is -0.365 e. The molecule has 0 radical (unpaired) electrons. The molecule has 2 aromatic heterocycles. The van der Waals surface area contributed by atoms with Gasteiger partial charge in [-0.25, -0.2) is 4.98 Å². The number of hydrogen-bond acceptors (Lipinski definition) is 4.